The Bertz CT molecular complexity index is 287. The van der Waals surface area contributed by atoms with E-state index >= 15 is 0 Å². The number of anilines is 1. The van der Waals surface area contributed by atoms with Crippen molar-refractivity contribution in [3.05, 3.63) is 5.82 Å². The molecule has 0 saturated heterocycles. The Labute approximate surface area is 102 Å². The summed E-state index contributed by atoms with van der Waals surface area (Å²) >= 11 is 1.50. The van der Waals surface area contributed by atoms with E-state index in [1.165, 1.54) is 24.4 Å². The van der Waals surface area contributed by atoms with Gasteiger partial charge < -0.3 is 10.6 Å². The van der Waals surface area contributed by atoms with E-state index in [1.807, 2.05) is 0 Å². The molecule has 0 atom stereocenters. The topological polar surface area (TPSA) is 55.0 Å². The Morgan fingerprint density at radius 1 is 1.31 bits per heavy atom. The SMILES string of the molecule is CCCc1nsc(N(C)CCCCCN)n1. The van der Waals surface area contributed by atoms with E-state index in [0.29, 0.717) is 0 Å². The molecule has 0 amide bonds. The molecular weight excluding hydrogens is 220 g/mol. The number of rotatable bonds is 8. The Morgan fingerprint density at radius 2 is 2.12 bits per heavy atom. The largest absolute Gasteiger partial charge is 0.350 e. The Balaban J connectivity index is 2.31. The first-order valence-corrected chi connectivity index (χ1v) is 6.79. The molecule has 1 rings (SSSR count). The lowest BCUT2D eigenvalue weighted by Gasteiger charge is -2.14. The first-order valence-electron chi connectivity index (χ1n) is 6.01. The highest BCUT2D eigenvalue weighted by Crippen LogP contribution is 2.16. The van der Waals surface area contributed by atoms with Crippen LogP contribution in [0.1, 0.15) is 38.4 Å². The summed E-state index contributed by atoms with van der Waals surface area (Å²) in [5.41, 5.74) is 5.46. The molecule has 1 aromatic heterocycles. The highest BCUT2D eigenvalue weighted by atomic mass is 32.1. The smallest absolute Gasteiger partial charge is 0.204 e. The van der Waals surface area contributed by atoms with Crippen molar-refractivity contribution in [1.29, 1.82) is 0 Å². The standard InChI is InChI=1S/C11H22N4S/c1-3-7-10-13-11(16-14-10)15(2)9-6-4-5-8-12/h3-9,12H2,1-2H3. The summed E-state index contributed by atoms with van der Waals surface area (Å²) in [6.07, 6.45) is 5.58. The lowest BCUT2D eigenvalue weighted by Crippen LogP contribution is -2.18. The van der Waals surface area contributed by atoms with Gasteiger partial charge in [-0.2, -0.15) is 4.37 Å². The third kappa shape index (κ3) is 4.45. The second-order valence-corrected chi connectivity index (χ2v) is 4.74. The molecule has 0 aliphatic rings. The molecule has 1 heterocycles. The van der Waals surface area contributed by atoms with Crippen LogP contribution in [0.2, 0.25) is 0 Å². The van der Waals surface area contributed by atoms with Crippen LogP contribution < -0.4 is 10.6 Å². The summed E-state index contributed by atoms with van der Waals surface area (Å²) in [6.45, 7) is 3.99. The van der Waals surface area contributed by atoms with Crippen LogP contribution in [-0.2, 0) is 6.42 Å². The molecule has 2 N–H and O–H groups in total. The average molecular weight is 242 g/mol. The molecule has 0 aromatic carbocycles. The number of aryl methyl sites for hydroxylation is 1. The van der Waals surface area contributed by atoms with Crippen LogP contribution in [0, 0.1) is 0 Å². The zero-order valence-electron chi connectivity index (χ0n) is 10.3. The number of aromatic nitrogens is 2. The van der Waals surface area contributed by atoms with Gasteiger partial charge >= 0.3 is 0 Å². The molecule has 0 aliphatic carbocycles. The predicted octanol–water partition coefficient (Wildman–Crippen LogP) is 2.06. The fraction of sp³-hybridized carbons (Fsp3) is 0.818. The zero-order valence-corrected chi connectivity index (χ0v) is 11.1. The van der Waals surface area contributed by atoms with Gasteiger partial charge in [0, 0.05) is 31.5 Å². The summed E-state index contributed by atoms with van der Waals surface area (Å²) in [4.78, 5) is 6.70. The third-order valence-corrected chi connectivity index (χ3v) is 3.32. The second-order valence-electron chi connectivity index (χ2n) is 4.01. The molecule has 1 aromatic rings. The molecule has 0 unspecified atom stereocenters. The van der Waals surface area contributed by atoms with Crippen LogP contribution >= 0.6 is 11.5 Å². The van der Waals surface area contributed by atoms with E-state index < -0.39 is 0 Å². The van der Waals surface area contributed by atoms with Gasteiger partial charge in [0.15, 0.2) is 0 Å². The van der Waals surface area contributed by atoms with Gasteiger partial charge in [-0.15, -0.1) is 0 Å². The fourth-order valence-corrected chi connectivity index (χ4v) is 2.19. The van der Waals surface area contributed by atoms with Crippen LogP contribution in [0.5, 0.6) is 0 Å². The van der Waals surface area contributed by atoms with Gasteiger partial charge in [0.1, 0.15) is 5.82 Å². The van der Waals surface area contributed by atoms with E-state index in [4.69, 9.17) is 5.73 Å². The summed E-state index contributed by atoms with van der Waals surface area (Å²) in [6, 6.07) is 0. The lowest BCUT2D eigenvalue weighted by molar-refractivity contribution is 0.677. The first kappa shape index (κ1) is 13.4. The molecule has 92 valence electrons. The van der Waals surface area contributed by atoms with Crippen molar-refractivity contribution in [2.24, 2.45) is 5.73 Å². The minimum absolute atomic E-state index is 0.795. The van der Waals surface area contributed by atoms with Crippen LogP contribution in [0.25, 0.3) is 0 Å². The molecule has 0 radical (unpaired) electrons. The Hall–Kier alpha value is -0.680. The molecule has 0 saturated carbocycles. The van der Waals surface area contributed by atoms with Gasteiger partial charge in [-0.25, -0.2) is 4.98 Å². The number of nitrogens with zero attached hydrogens (tertiary/aromatic N) is 3. The molecule has 0 spiro atoms. The van der Waals surface area contributed by atoms with Crippen molar-refractivity contribution in [3.8, 4) is 0 Å². The number of hydrogen-bond acceptors (Lipinski definition) is 5. The van der Waals surface area contributed by atoms with Crippen LogP contribution in [0.15, 0.2) is 0 Å². The molecule has 0 aliphatic heterocycles. The van der Waals surface area contributed by atoms with Gasteiger partial charge in [0.25, 0.3) is 0 Å². The maximum absolute atomic E-state index is 5.46. The summed E-state index contributed by atoms with van der Waals surface area (Å²) < 4.78 is 4.34. The van der Waals surface area contributed by atoms with Crippen LogP contribution in [0.3, 0.4) is 0 Å². The Morgan fingerprint density at radius 3 is 2.81 bits per heavy atom. The first-order chi connectivity index (χ1) is 7.77. The van der Waals surface area contributed by atoms with Crippen molar-refractivity contribution >= 4 is 16.7 Å². The second kappa shape index (κ2) is 7.57. The molecular formula is C11H22N4S. The van der Waals surface area contributed by atoms with E-state index in [9.17, 15) is 0 Å². The van der Waals surface area contributed by atoms with Gasteiger partial charge in [0.2, 0.25) is 5.13 Å². The Kier molecular flexibility index (Phi) is 6.33. The maximum atomic E-state index is 5.46. The van der Waals surface area contributed by atoms with Crippen molar-refractivity contribution in [2.75, 3.05) is 25.0 Å². The zero-order chi connectivity index (χ0) is 11.8. The van der Waals surface area contributed by atoms with E-state index in [2.05, 4.69) is 28.2 Å². The quantitative estimate of drug-likeness (QED) is 0.709. The summed E-state index contributed by atoms with van der Waals surface area (Å²) in [5.74, 6) is 0.983. The summed E-state index contributed by atoms with van der Waals surface area (Å²) in [5, 5.41) is 1.04. The minimum Gasteiger partial charge on any atom is -0.350 e. The van der Waals surface area contributed by atoms with Gasteiger partial charge in [-0.3, -0.25) is 0 Å². The lowest BCUT2D eigenvalue weighted by atomic mass is 10.2. The minimum atomic E-state index is 0.795. The van der Waals surface area contributed by atoms with E-state index in [1.54, 1.807) is 0 Å². The molecule has 16 heavy (non-hydrogen) atoms. The van der Waals surface area contributed by atoms with Gasteiger partial charge in [0.05, 0.1) is 0 Å². The van der Waals surface area contributed by atoms with Crippen molar-refractivity contribution in [3.63, 3.8) is 0 Å². The normalized spacial score (nSPS) is 10.7. The van der Waals surface area contributed by atoms with Crippen LogP contribution in [0.4, 0.5) is 5.13 Å². The highest BCUT2D eigenvalue weighted by Gasteiger charge is 2.07. The monoisotopic (exact) mass is 242 g/mol. The van der Waals surface area contributed by atoms with Crippen molar-refractivity contribution in [2.45, 2.75) is 39.0 Å². The summed E-state index contributed by atoms with van der Waals surface area (Å²) in [7, 11) is 2.08. The molecule has 4 nitrogen and oxygen atoms in total. The predicted molar refractivity (Wildman–Crippen MR) is 70.1 cm³/mol. The van der Waals surface area contributed by atoms with E-state index in [0.717, 1.165) is 43.3 Å². The van der Waals surface area contributed by atoms with Crippen molar-refractivity contribution in [1.82, 2.24) is 9.36 Å². The molecule has 0 bridgehead atoms. The number of hydrogen-bond donors (Lipinski definition) is 1. The third-order valence-electron chi connectivity index (χ3n) is 2.46. The van der Waals surface area contributed by atoms with Gasteiger partial charge in [-0.1, -0.05) is 13.3 Å². The molecule has 5 heteroatoms. The molecule has 0 fully saturated rings. The maximum Gasteiger partial charge on any atom is 0.204 e. The van der Waals surface area contributed by atoms with Crippen molar-refractivity contribution < 1.29 is 0 Å². The average Bonchev–Trinajstić information content (AvgIpc) is 2.73. The number of unbranched alkanes of at least 4 members (excludes halogenated alkanes) is 2. The number of nitrogens with two attached hydrogens (primary N) is 1. The fourth-order valence-electron chi connectivity index (χ4n) is 1.49. The highest BCUT2D eigenvalue weighted by molar-refractivity contribution is 7.09. The van der Waals surface area contributed by atoms with Gasteiger partial charge in [-0.05, 0) is 25.8 Å². The van der Waals surface area contributed by atoms with Crippen LogP contribution in [-0.4, -0.2) is 29.5 Å². The van der Waals surface area contributed by atoms with E-state index in [-0.39, 0.29) is 0 Å².